The molecule has 6 aromatic rings. The Bertz CT molecular complexity index is 1810. The van der Waals surface area contributed by atoms with E-state index in [1.165, 1.54) is 51.3 Å². The molecule has 8 nitrogen and oxygen atoms in total. The topological polar surface area (TPSA) is 95.6 Å². The Morgan fingerprint density at radius 2 is 1.52 bits per heavy atom. The van der Waals surface area contributed by atoms with Gasteiger partial charge in [0.15, 0.2) is 5.82 Å². The number of aromatic nitrogens is 5. The van der Waals surface area contributed by atoms with Crippen LogP contribution >= 0.6 is 0 Å². The van der Waals surface area contributed by atoms with Gasteiger partial charge >= 0.3 is 0 Å². The van der Waals surface area contributed by atoms with Gasteiger partial charge < -0.3 is 29.9 Å². The molecule has 3 aromatic heterocycles. The minimum absolute atomic E-state index is 0.0247. The lowest BCUT2D eigenvalue weighted by molar-refractivity contribution is 0.334. The number of nitrogens with zero attached hydrogens (tertiary/aromatic N) is 3. The van der Waals surface area contributed by atoms with Gasteiger partial charge in [0, 0.05) is 40.6 Å². The van der Waals surface area contributed by atoms with E-state index in [0.717, 1.165) is 56.3 Å². The molecule has 7 rings (SSSR count). The van der Waals surface area contributed by atoms with E-state index in [1.807, 2.05) is 12.1 Å². The number of aryl methyl sites for hydroxylation is 2. The zero-order valence-corrected chi connectivity index (χ0v) is 25.4. The Hall–Kier alpha value is -4.40. The van der Waals surface area contributed by atoms with Gasteiger partial charge in [-0.2, -0.15) is 0 Å². The zero-order chi connectivity index (χ0) is 29.7. The van der Waals surface area contributed by atoms with Crippen LogP contribution in [0.1, 0.15) is 47.2 Å². The summed E-state index contributed by atoms with van der Waals surface area (Å²) >= 11 is 0. The lowest BCUT2D eigenvalue weighted by atomic mass is 9.97. The average molecular weight is 588 g/mol. The molecule has 0 spiro atoms. The van der Waals surface area contributed by atoms with Crippen LogP contribution in [0, 0.1) is 5.92 Å². The van der Waals surface area contributed by atoms with Crippen LogP contribution in [-0.4, -0.2) is 51.5 Å². The minimum Gasteiger partial charge on any atom is -0.497 e. The summed E-state index contributed by atoms with van der Waals surface area (Å²) in [5.74, 6) is 3.52. The van der Waals surface area contributed by atoms with Crippen LogP contribution in [0.25, 0.3) is 21.8 Å². The fourth-order valence-electron chi connectivity index (χ4n) is 6.63. The highest BCUT2D eigenvalue weighted by Crippen LogP contribution is 2.27. The van der Waals surface area contributed by atoms with Gasteiger partial charge in [0.2, 0.25) is 0 Å². The van der Waals surface area contributed by atoms with Crippen LogP contribution < -0.4 is 15.4 Å². The molecule has 0 unspecified atom stereocenters. The third-order valence-corrected chi connectivity index (χ3v) is 9.17. The van der Waals surface area contributed by atoms with Crippen molar-refractivity contribution in [3.05, 3.63) is 114 Å². The van der Waals surface area contributed by atoms with E-state index in [0.29, 0.717) is 12.5 Å². The van der Waals surface area contributed by atoms with Gasteiger partial charge in [-0.15, -0.1) is 10.2 Å². The third-order valence-electron chi connectivity index (χ3n) is 9.17. The largest absolute Gasteiger partial charge is 0.497 e. The van der Waals surface area contributed by atoms with E-state index in [4.69, 9.17) is 14.9 Å². The second kappa shape index (κ2) is 13.1. The molecule has 1 saturated heterocycles. The van der Waals surface area contributed by atoms with Crippen LogP contribution in [0.3, 0.4) is 0 Å². The molecule has 0 saturated carbocycles. The molecular formula is C36H41N7O. The predicted molar refractivity (Wildman–Crippen MR) is 176 cm³/mol. The summed E-state index contributed by atoms with van der Waals surface area (Å²) in [5.41, 5.74) is 6.13. The Kier molecular flexibility index (Phi) is 8.43. The summed E-state index contributed by atoms with van der Waals surface area (Å²) in [7, 11) is 1.71. The van der Waals surface area contributed by atoms with Gasteiger partial charge in [0.1, 0.15) is 11.6 Å². The number of benzene rings is 3. The number of methoxy groups -OCH3 is 1. The fraction of sp³-hybridized carbons (Fsp3) is 0.333. The van der Waals surface area contributed by atoms with Crippen molar-refractivity contribution >= 4 is 21.8 Å². The molecule has 0 aliphatic carbocycles. The monoisotopic (exact) mass is 587 g/mol. The highest BCUT2D eigenvalue weighted by molar-refractivity contribution is 5.83. The molecule has 3 aromatic carbocycles. The number of rotatable bonds is 12. The first-order valence-corrected chi connectivity index (χ1v) is 15.8. The average Bonchev–Trinajstić information content (AvgIpc) is 3.80. The normalized spacial score (nSPS) is 14.8. The first-order chi connectivity index (χ1) is 21.7. The van der Waals surface area contributed by atoms with Gasteiger partial charge in [-0.1, -0.05) is 48.5 Å². The number of hydrogen-bond donors (Lipinski definition) is 4. The number of hydrogen-bond acceptors (Lipinski definition) is 5. The second-order valence-corrected chi connectivity index (χ2v) is 12.0. The van der Waals surface area contributed by atoms with Crippen LogP contribution in [0.4, 0.5) is 0 Å². The molecule has 4 N–H and O–H groups in total. The summed E-state index contributed by atoms with van der Waals surface area (Å²) < 4.78 is 7.79. The standard InChI is InChI=1S/C36H41N7O/c1-44-29-13-10-26(11-14-29)24-43-35(15-12-27-22-39-32-8-4-2-6-30(27)32)41-42-36(43)34(38-21-25-16-18-37-19-17-25)20-28-23-40-33-9-5-3-7-31(28)33/h2-11,13-14,22-23,25,34,37-40H,12,15-21,24H2,1H3/t34-/m0/s1. The number of aromatic amines is 2. The number of para-hydroxylation sites is 2. The summed E-state index contributed by atoms with van der Waals surface area (Å²) in [6, 6.07) is 25.4. The van der Waals surface area contributed by atoms with Crippen molar-refractivity contribution in [2.45, 2.75) is 44.7 Å². The summed E-state index contributed by atoms with van der Waals surface area (Å²) in [4.78, 5) is 6.91. The van der Waals surface area contributed by atoms with Gasteiger partial charge in [0.05, 0.1) is 19.7 Å². The molecule has 1 aliphatic heterocycles. The Labute approximate surface area is 258 Å². The van der Waals surface area contributed by atoms with Crippen LogP contribution in [-0.2, 0) is 25.8 Å². The number of piperidine rings is 1. The van der Waals surface area contributed by atoms with Crippen molar-refractivity contribution in [2.75, 3.05) is 26.7 Å². The maximum absolute atomic E-state index is 5.44. The van der Waals surface area contributed by atoms with Crippen LogP contribution in [0.15, 0.2) is 85.2 Å². The molecule has 0 radical (unpaired) electrons. The quantitative estimate of drug-likeness (QED) is 0.142. The smallest absolute Gasteiger partial charge is 0.150 e. The molecule has 0 bridgehead atoms. The van der Waals surface area contributed by atoms with Crippen LogP contribution in [0.2, 0.25) is 0 Å². The predicted octanol–water partition coefficient (Wildman–Crippen LogP) is 5.96. The fourth-order valence-corrected chi connectivity index (χ4v) is 6.63. The first-order valence-electron chi connectivity index (χ1n) is 15.8. The molecule has 44 heavy (non-hydrogen) atoms. The Balaban J connectivity index is 1.22. The third kappa shape index (κ3) is 6.14. The highest BCUT2D eigenvalue weighted by atomic mass is 16.5. The number of ether oxygens (including phenoxy) is 1. The van der Waals surface area contributed by atoms with E-state index < -0.39 is 0 Å². The maximum Gasteiger partial charge on any atom is 0.150 e. The lowest BCUT2D eigenvalue weighted by Crippen LogP contribution is -2.36. The van der Waals surface area contributed by atoms with E-state index in [9.17, 15) is 0 Å². The number of nitrogens with one attached hydrogen (secondary N) is 4. The van der Waals surface area contributed by atoms with Crippen molar-refractivity contribution in [1.29, 1.82) is 0 Å². The van der Waals surface area contributed by atoms with E-state index in [-0.39, 0.29) is 6.04 Å². The number of H-pyrrole nitrogens is 2. The Morgan fingerprint density at radius 3 is 2.25 bits per heavy atom. The number of fused-ring (bicyclic) bond motifs is 2. The van der Waals surface area contributed by atoms with Crippen molar-refractivity contribution < 1.29 is 4.74 Å². The summed E-state index contributed by atoms with van der Waals surface area (Å²) in [6.45, 7) is 3.85. The molecule has 1 fully saturated rings. The summed E-state index contributed by atoms with van der Waals surface area (Å²) in [6.07, 6.45) is 9.21. The minimum atomic E-state index is 0.0247. The molecule has 226 valence electrons. The van der Waals surface area contributed by atoms with E-state index in [1.54, 1.807) is 7.11 Å². The lowest BCUT2D eigenvalue weighted by Gasteiger charge is -2.26. The van der Waals surface area contributed by atoms with Gasteiger partial charge in [0.25, 0.3) is 0 Å². The molecule has 1 atom stereocenters. The molecular weight excluding hydrogens is 546 g/mol. The van der Waals surface area contributed by atoms with Crippen molar-refractivity contribution in [2.24, 2.45) is 5.92 Å². The van der Waals surface area contributed by atoms with Gasteiger partial charge in [-0.05, 0) is 92.2 Å². The molecule has 4 heterocycles. The second-order valence-electron chi connectivity index (χ2n) is 12.0. The maximum atomic E-state index is 5.44. The molecule has 8 heteroatoms. The Morgan fingerprint density at radius 1 is 0.841 bits per heavy atom. The first kappa shape index (κ1) is 28.4. The van der Waals surface area contributed by atoms with Crippen molar-refractivity contribution in [3.8, 4) is 5.75 Å². The van der Waals surface area contributed by atoms with Gasteiger partial charge in [-0.3, -0.25) is 0 Å². The molecule has 0 amide bonds. The van der Waals surface area contributed by atoms with Crippen LogP contribution in [0.5, 0.6) is 5.75 Å². The molecule has 1 aliphatic rings. The SMILES string of the molecule is COc1ccc(Cn2c(CCc3c[nH]c4ccccc34)nnc2[C@H](Cc2c[nH]c3ccccc23)NCC2CCNCC2)cc1. The summed E-state index contributed by atoms with van der Waals surface area (Å²) in [5, 5.41) is 19.8. The van der Waals surface area contributed by atoms with E-state index >= 15 is 0 Å². The van der Waals surface area contributed by atoms with Crippen molar-refractivity contribution in [1.82, 2.24) is 35.4 Å². The van der Waals surface area contributed by atoms with Gasteiger partial charge in [-0.25, -0.2) is 0 Å². The van der Waals surface area contributed by atoms with Crippen molar-refractivity contribution in [3.63, 3.8) is 0 Å². The van der Waals surface area contributed by atoms with E-state index in [2.05, 4.69) is 98.2 Å². The zero-order valence-electron chi connectivity index (χ0n) is 25.4. The highest BCUT2D eigenvalue weighted by Gasteiger charge is 2.25.